The van der Waals surface area contributed by atoms with Crippen molar-refractivity contribution in [1.29, 1.82) is 0 Å². The molecule has 21 heavy (non-hydrogen) atoms. The van der Waals surface area contributed by atoms with Crippen LogP contribution in [0.2, 0.25) is 0 Å². The third kappa shape index (κ3) is 1.80. The lowest BCUT2D eigenvalue weighted by Gasteiger charge is -2.60. The van der Waals surface area contributed by atoms with Crippen LogP contribution in [0.1, 0.15) is 55.9 Å². The summed E-state index contributed by atoms with van der Waals surface area (Å²) in [4.78, 5) is 13.4. The van der Waals surface area contributed by atoms with Crippen molar-refractivity contribution in [3.05, 3.63) is 11.9 Å². The summed E-state index contributed by atoms with van der Waals surface area (Å²) in [5, 5.41) is 4.22. The summed E-state index contributed by atoms with van der Waals surface area (Å²) in [6.45, 7) is 2.40. The third-order valence-corrected chi connectivity index (χ3v) is 6.18. The molecule has 2 atom stereocenters. The van der Waals surface area contributed by atoms with E-state index in [-0.39, 0.29) is 11.2 Å². The van der Waals surface area contributed by atoms with Crippen LogP contribution in [0.4, 0.5) is 0 Å². The van der Waals surface area contributed by atoms with Gasteiger partial charge in [0.2, 0.25) is 0 Å². The van der Waals surface area contributed by atoms with E-state index in [1.807, 2.05) is 7.05 Å². The standard InChI is InChI=1S/C17H24N2O2/c1-16-5-11-4-12(6-16)8-17(7-11,10-16)15(20)14-13(21-3)9-18-19(14)2/h9,11-12H,4-8,10H2,1-3H3. The van der Waals surface area contributed by atoms with Gasteiger partial charge in [0.05, 0.1) is 13.3 Å². The van der Waals surface area contributed by atoms with Crippen LogP contribution in [0.25, 0.3) is 0 Å². The average molecular weight is 288 g/mol. The number of ether oxygens (including phenoxy) is 1. The van der Waals surface area contributed by atoms with Gasteiger partial charge in [0.25, 0.3) is 0 Å². The highest BCUT2D eigenvalue weighted by atomic mass is 16.5. The second kappa shape index (κ2) is 4.11. The number of rotatable bonds is 3. The van der Waals surface area contributed by atoms with Gasteiger partial charge in [-0.2, -0.15) is 5.10 Å². The van der Waals surface area contributed by atoms with Gasteiger partial charge in [0.1, 0.15) is 5.69 Å². The van der Waals surface area contributed by atoms with E-state index in [1.165, 1.54) is 19.3 Å². The average Bonchev–Trinajstić information content (AvgIpc) is 2.76. The maximum atomic E-state index is 13.4. The Morgan fingerprint density at radius 1 is 1.33 bits per heavy atom. The Hall–Kier alpha value is -1.32. The van der Waals surface area contributed by atoms with Crippen LogP contribution in [0.3, 0.4) is 0 Å². The van der Waals surface area contributed by atoms with Crippen molar-refractivity contribution in [3.8, 4) is 5.75 Å². The summed E-state index contributed by atoms with van der Waals surface area (Å²) < 4.78 is 7.07. The van der Waals surface area contributed by atoms with Gasteiger partial charge in [-0.05, 0) is 55.8 Å². The molecule has 1 aromatic rings. The molecule has 1 heterocycles. The fourth-order valence-corrected chi connectivity index (χ4v) is 6.06. The van der Waals surface area contributed by atoms with E-state index >= 15 is 0 Å². The molecule has 2 unspecified atom stereocenters. The number of methoxy groups -OCH3 is 1. The van der Waals surface area contributed by atoms with Crippen molar-refractivity contribution in [3.63, 3.8) is 0 Å². The quantitative estimate of drug-likeness (QED) is 0.802. The van der Waals surface area contributed by atoms with Crippen molar-refractivity contribution in [2.75, 3.05) is 7.11 Å². The summed E-state index contributed by atoms with van der Waals surface area (Å²) in [6.07, 6.45) is 8.85. The predicted octanol–water partition coefficient (Wildman–Crippen LogP) is 3.22. The Bertz CT molecular complexity index is 590. The summed E-state index contributed by atoms with van der Waals surface area (Å²) in [7, 11) is 3.47. The molecular formula is C17H24N2O2. The highest BCUT2D eigenvalue weighted by Crippen LogP contribution is 2.65. The molecule has 0 aliphatic heterocycles. The fraction of sp³-hybridized carbons (Fsp3) is 0.765. The molecule has 4 bridgehead atoms. The van der Waals surface area contributed by atoms with E-state index in [4.69, 9.17) is 4.74 Å². The van der Waals surface area contributed by atoms with Gasteiger partial charge < -0.3 is 4.74 Å². The van der Waals surface area contributed by atoms with Gasteiger partial charge in [-0.3, -0.25) is 9.48 Å². The first-order chi connectivity index (χ1) is 9.95. The number of aryl methyl sites for hydroxylation is 1. The van der Waals surface area contributed by atoms with Crippen LogP contribution >= 0.6 is 0 Å². The molecule has 4 saturated carbocycles. The molecule has 4 aliphatic rings. The number of nitrogens with zero attached hydrogens (tertiary/aromatic N) is 2. The van der Waals surface area contributed by atoms with Crippen LogP contribution in [0.15, 0.2) is 6.20 Å². The molecule has 1 aromatic heterocycles. The Kier molecular flexibility index (Phi) is 2.61. The summed E-state index contributed by atoms with van der Waals surface area (Å²) >= 11 is 0. The predicted molar refractivity (Wildman–Crippen MR) is 79.3 cm³/mol. The Labute approximate surface area is 125 Å². The zero-order chi connectivity index (χ0) is 14.8. The van der Waals surface area contributed by atoms with Crippen LogP contribution in [-0.2, 0) is 7.05 Å². The Morgan fingerprint density at radius 2 is 2.00 bits per heavy atom. The lowest BCUT2D eigenvalue weighted by Crippen LogP contribution is -2.54. The van der Waals surface area contributed by atoms with E-state index in [1.54, 1.807) is 18.0 Å². The summed E-state index contributed by atoms with van der Waals surface area (Å²) in [5.74, 6) is 2.40. The number of carbonyl (C=O) groups excluding carboxylic acids is 1. The SMILES string of the molecule is COc1cnn(C)c1C(=O)C12CC3CC(CC(C)(C3)C1)C2. The van der Waals surface area contributed by atoms with Gasteiger partial charge in [-0.1, -0.05) is 6.92 Å². The zero-order valence-corrected chi connectivity index (χ0v) is 13.2. The fourth-order valence-electron chi connectivity index (χ4n) is 6.06. The molecule has 4 fully saturated rings. The molecule has 114 valence electrons. The first-order valence-electron chi connectivity index (χ1n) is 8.06. The van der Waals surface area contributed by atoms with Gasteiger partial charge >= 0.3 is 0 Å². The minimum Gasteiger partial charge on any atom is -0.493 e. The summed E-state index contributed by atoms with van der Waals surface area (Å²) in [6, 6.07) is 0. The number of hydrogen-bond donors (Lipinski definition) is 0. The highest BCUT2D eigenvalue weighted by Gasteiger charge is 2.59. The normalized spacial score (nSPS) is 40.5. The molecule has 0 saturated heterocycles. The van der Waals surface area contributed by atoms with Crippen LogP contribution < -0.4 is 4.74 Å². The van der Waals surface area contributed by atoms with Gasteiger partial charge in [-0.15, -0.1) is 0 Å². The van der Waals surface area contributed by atoms with Gasteiger partial charge in [-0.25, -0.2) is 0 Å². The number of carbonyl (C=O) groups is 1. The monoisotopic (exact) mass is 288 g/mol. The van der Waals surface area contributed by atoms with Crippen molar-refractivity contribution >= 4 is 5.78 Å². The maximum Gasteiger partial charge on any atom is 0.190 e. The molecular weight excluding hydrogens is 264 g/mol. The number of Topliss-reactive ketones (excluding diaryl/α,β-unsaturated/α-hetero) is 1. The first-order valence-corrected chi connectivity index (χ1v) is 8.06. The third-order valence-electron chi connectivity index (χ3n) is 6.18. The Balaban J connectivity index is 1.75. The van der Waals surface area contributed by atoms with E-state index in [2.05, 4.69) is 12.0 Å². The minimum atomic E-state index is -0.153. The molecule has 0 spiro atoms. The second-order valence-corrected chi connectivity index (χ2v) is 8.07. The maximum absolute atomic E-state index is 13.4. The number of hydrogen-bond acceptors (Lipinski definition) is 3. The molecule has 4 heteroatoms. The van der Waals surface area contributed by atoms with Crippen molar-refractivity contribution < 1.29 is 9.53 Å². The summed E-state index contributed by atoms with van der Waals surface area (Å²) in [5.41, 5.74) is 0.897. The van der Waals surface area contributed by atoms with E-state index in [0.717, 1.165) is 31.1 Å². The molecule has 0 radical (unpaired) electrons. The molecule has 0 amide bonds. The lowest BCUT2D eigenvalue weighted by atomic mass is 9.43. The number of ketones is 1. The van der Waals surface area contributed by atoms with Gasteiger partial charge in [0.15, 0.2) is 11.5 Å². The van der Waals surface area contributed by atoms with Crippen molar-refractivity contribution in [1.82, 2.24) is 9.78 Å². The largest absolute Gasteiger partial charge is 0.493 e. The molecule has 5 rings (SSSR count). The van der Waals surface area contributed by atoms with Crippen LogP contribution in [0, 0.1) is 22.7 Å². The zero-order valence-electron chi connectivity index (χ0n) is 13.2. The van der Waals surface area contributed by atoms with E-state index < -0.39 is 0 Å². The molecule has 4 nitrogen and oxygen atoms in total. The lowest BCUT2D eigenvalue weighted by molar-refractivity contribution is -0.0824. The molecule has 0 aromatic carbocycles. The second-order valence-electron chi connectivity index (χ2n) is 8.07. The highest BCUT2D eigenvalue weighted by molar-refractivity contribution is 6.01. The van der Waals surface area contributed by atoms with Crippen molar-refractivity contribution in [2.45, 2.75) is 45.4 Å². The smallest absolute Gasteiger partial charge is 0.190 e. The van der Waals surface area contributed by atoms with Crippen molar-refractivity contribution in [2.24, 2.45) is 29.7 Å². The molecule has 4 aliphatic carbocycles. The minimum absolute atomic E-state index is 0.153. The van der Waals surface area contributed by atoms with E-state index in [0.29, 0.717) is 16.9 Å². The number of aromatic nitrogens is 2. The first kappa shape index (κ1) is 13.4. The van der Waals surface area contributed by atoms with E-state index in [9.17, 15) is 4.79 Å². The van der Waals surface area contributed by atoms with Crippen LogP contribution in [0.5, 0.6) is 5.75 Å². The van der Waals surface area contributed by atoms with Gasteiger partial charge in [0, 0.05) is 12.5 Å². The topological polar surface area (TPSA) is 44.1 Å². The Morgan fingerprint density at radius 3 is 2.57 bits per heavy atom. The molecule has 0 N–H and O–H groups in total. The van der Waals surface area contributed by atoms with Crippen LogP contribution in [-0.4, -0.2) is 22.7 Å².